The molecular formula is C26H26Cl2F5N3O4. The number of amides is 3. The van der Waals surface area contributed by atoms with Crippen LogP contribution in [0.3, 0.4) is 0 Å². The number of nitrogens with one attached hydrogen (secondary N) is 3. The van der Waals surface area contributed by atoms with Crippen molar-refractivity contribution in [3.63, 3.8) is 0 Å². The average Bonchev–Trinajstić information content (AvgIpc) is 2.86. The summed E-state index contributed by atoms with van der Waals surface area (Å²) < 4.78 is 66.4. The average molecular weight is 610 g/mol. The number of carbonyl (C=O) groups is 3. The lowest BCUT2D eigenvalue weighted by atomic mass is 9.93. The van der Waals surface area contributed by atoms with Crippen molar-refractivity contribution in [1.29, 1.82) is 0 Å². The predicted molar refractivity (Wildman–Crippen MR) is 140 cm³/mol. The van der Waals surface area contributed by atoms with Crippen LogP contribution in [0.5, 0.6) is 0 Å². The maximum absolute atomic E-state index is 14.6. The molecule has 0 spiro atoms. The van der Waals surface area contributed by atoms with E-state index < -0.39 is 60.5 Å². The van der Waals surface area contributed by atoms with Gasteiger partial charge in [0.05, 0.1) is 6.04 Å². The third-order valence-corrected chi connectivity index (χ3v) is 5.92. The number of hydrogen-bond donors (Lipinski definition) is 4. The molecule has 0 heterocycles. The minimum absolute atomic E-state index is 0.249. The van der Waals surface area contributed by atoms with Crippen LogP contribution in [0.2, 0.25) is 10.0 Å². The van der Waals surface area contributed by atoms with Crippen LogP contribution >= 0.6 is 23.2 Å². The molecule has 218 valence electrons. The first kappa shape index (κ1) is 33.0. The van der Waals surface area contributed by atoms with Gasteiger partial charge in [0.2, 0.25) is 11.8 Å². The van der Waals surface area contributed by atoms with Crippen LogP contribution in [0.4, 0.5) is 22.0 Å². The first-order chi connectivity index (χ1) is 18.5. The van der Waals surface area contributed by atoms with Crippen LogP contribution in [-0.2, 0) is 14.4 Å². The van der Waals surface area contributed by atoms with Gasteiger partial charge in [0.15, 0.2) is 0 Å². The van der Waals surface area contributed by atoms with Gasteiger partial charge >= 0.3 is 12.1 Å². The van der Waals surface area contributed by atoms with E-state index in [0.29, 0.717) is 15.6 Å². The summed E-state index contributed by atoms with van der Waals surface area (Å²) >= 11 is 11.9. The number of carbonyl (C=O) groups excluding carboxylic acids is 3. The smallest absolute Gasteiger partial charge is 0.384 e. The highest BCUT2D eigenvalue weighted by molar-refractivity contribution is 6.34. The summed E-state index contributed by atoms with van der Waals surface area (Å²) in [5.41, 5.74) is 0.724. The van der Waals surface area contributed by atoms with Crippen molar-refractivity contribution in [3.05, 3.63) is 75.8 Å². The molecule has 3 atom stereocenters. The van der Waals surface area contributed by atoms with Gasteiger partial charge in [0.25, 0.3) is 5.91 Å². The molecule has 0 aromatic heterocycles. The van der Waals surface area contributed by atoms with Gasteiger partial charge in [-0.3, -0.25) is 14.4 Å². The molecule has 4 N–H and O–H groups in total. The van der Waals surface area contributed by atoms with E-state index >= 15 is 0 Å². The molecule has 2 rings (SSSR count). The van der Waals surface area contributed by atoms with Crippen molar-refractivity contribution in [1.82, 2.24) is 16.0 Å². The van der Waals surface area contributed by atoms with Crippen LogP contribution < -0.4 is 16.0 Å². The number of halogens is 7. The van der Waals surface area contributed by atoms with Gasteiger partial charge in [0, 0.05) is 16.1 Å². The van der Waals surface area contributed by atoms with Crippen molar-refractivity contribution in [2.75, 3.05) is 6.54 Å². The minimum Gasteiger partial charge on any atom is -0.384 e. The molecule has 2 aromatic carbocycles. The number of alkyl halides is 5. The third kappa shape index (κ3) is 9.76. The lowest BCUT2D eigenvalue weighted by Gasteiger charge is -2.33. The largest absolute Gasteiger partial charge is 0.405 e. The fourth-order valence-corrected chi connectivity index (χ4v) is 4.04. The highest BCUT2D eigenvalue weighted by atomic mass is 35.5. The lowest BCUT2D eigenvalue weighted by Crippen LogP contribution is -2.60. The molecule has 40 heavy (non-hydrogen) atoms. The van der Waals surface area contributed by atoms with E-state index in [1.807, 2.05) is 0 Å². The summed E-state index contributed by atoms with van der Waals surface area (Å²) in [4.78, 5) is 37.7. The second kappa shape index (κ2) is 13.9. The summed E-state index contributed by atoms with van der Waals surface area (Å²) in [6.45, 7) is 0.642. The number of hydrogen-bond acceptors (Lipinski definition) is 4. The second-order valence-electron chi connectivity index (χ2n) is 9.03. The van der Waals surface area contributed by atoms with Gasteiger partial charge < -0.3 is 21.1 Å². The zero-order valence-corrected chi connectivity index (χ0v) is 22.6. The Morgan fingerprint density at radius 3 is 2.05 bits per heavy atom. The molecular weight excluding hydrogens is 584 g/mol. The first-order valence-electron chi connectivity index (χ1n) is 11.7. The number of aliphatic hydroxyl groups excluding tert-OH is 1. The molecule has 0 radical (unpaired) electrons. The molecule has 0 aliphatic rings. The first-order valence-corrected chi connectivity index (χ1v) is 12.5. The predicted octanol–water partition coefficient (Wildman–Crippen LogP) is 4.68. The van der Waals surface area contributed by atoms with Crippen LogP contribution in [0.25, 0.3) is 6.08 Å². The Hall–Kier alpha value is -3.22. The van der Waals surface area contributed by atoms with Crippen LogP contribution in [-0.4, -0.2) is 53.6 Å². The maximum Gasteiger partial charge on any atom is 0.405 e. The van der Waals surface area contributed by atoms with Crippen molar-refractivity contribution in [2.45, 2.75) is 44.1 Å². The molecule has 0 aliphatic carbocycles. The topological polar surface area (TPSA) is 108 Å². The zero-order chi connectivity index (χ0) is 30.3. The summed E-state index contributed by atoms with van der Waals surface area (Å²) in [6.07, 6.45) is -5.41. The summed E-state index contributed by atoms with van der Waals surface area (Å²) in [5.74, 6) is -9.77. The van der Waals surface area contributed by atoms with E-state index in [0.717, 1.165) is 11.4 Å². The number of benzene rings is 2. The molecule has 0 saturated carbocycles. The monoisotopic (exact) mass is 609 g/mol. The van der Waals surface area contributed by atoms with Crippen molar-refractivity contribution >= 4 is 47.0 Å². The van der Waals surface area contributed by atoms with Gasteiger partial charge in [-0.25, -0.2) is 0 Å². The molecule has 0 unspecified atom stereocenters. The fraction of sp³-hybridized carbons (Fsp3) is 0.346. The Morgan fingerprint density at radius 1 is 0.950 bits per heavy atom. The van der Waals surface area contributed by atoms with Crippen LogP contribution in [0.1, 0.15) is 31.0 Å². The Balaban J connectivity index is 2.26. The summed E-state index contributed by atoms with van der Waals surface area (Å²) in [5, 5.41) is 16.6. The Bertz CT molecular complexity index is 1210. The quantitative estimate of drug-likeness (QED) is 0.219. The maximum atomic E-state index is 14.6. The van der Waals surface area contributed by atoms with E-state index in [-0.39, 0.29) is 5.56 Å². The Morgan fingerprint density at radius 2 is 1.52 bits per heavy atom. The molecule has 3 amide bonds. The van der Waals surface area contributed by atoms with E-state index in [4.69, 9.17) is 23.2 Å². The highest BCUT2D eigenvalue weighted by Crippen LogP contribution is 2.26. The number of aliphatic hydroxyl groups is 1. The number of rotatable bonds is 11. The minimum atomic E-state index is -4.96. The van der Waals surface area contributed by atoms with Crippen molar-refractivity contribution < 1.29 is 41.4 Å². The van der Waals surface area contributed by atoms with Crippen LogP contribution in [0.15, 0.2) is 54.6 Å². The summed E-state index contributed by atoms with van der Waals surface area (Å²) in [6, 6.07) is 8.99. The molecule has 14 heteroatoms. The van der Waals surface area contributed by atoms with Gasteiger partial charge in [-0.1, -0.05) is 67.4 Å². The molecule has 0 saturated heterocycles. The van der Waals surface area contributed by atoms with Gasteiger partial charge in [0.1, 0.15) is 18.7 Å². The van der Waals surface area contributed by atoms with E-state index in [2.05, 4.69) is 10.6 Å². The molecule has 2 aromatic rings. The molecule has 0 aliphatic heterocycles. The lowest BCUT2D eigenvalue weighted by molar-refractivity contribution is -0.174. The third-order valence-electron chi connectivity index (χ3n) is 5.48. The van der Waals surface area contributed by atoms with Gasteiger partial charge in [-0.15, -0.1) is 0 Å². The fourth-order valence-electron chi connectivity index (χ4n) is 3.50. The van der Waals surface area contributed by atoms with E-state index in [9.17, 15) is 41.4 Å². The SMILES string of the molecule is CC(C)[C@H](NC(=O)[C@@H](NC(=O)C=Cc1cc(Cl)cc(Cl)c1)c1ccccc1)[C@@H](O)C(F)(F)C(=O)NCC(F)(F)F. The van der Waals surface area contributed by atoms with E-state index in [1.54, 1.807) is 18.2 Å². The summed E-state index contributed by atoms with van der Waals surface area (Å²) in [7, 11) is 0. The zero-order valence-electron chi connectivity index (χ0n) is 21.1. The molecule has 0 fully saturated rings. The Kier molecular flexibility index (Phi) is 11.5. The molecule has 7 nitrogen and oxygen atoms in total. The highest BCUT2D eigenvalue weighted by Gasteiger charge is 2.52. The van der Waals surface area contributed by atoms with Crippen molar-refractivity contribution in [3.8, 4) is 0 Å². The van der Waals surface area contributed by atoms with Crippen molar-refractivity contribution in [2.24, 2.45) is 5.92 Å². The second-order valence-corrected chi connectivity index (χ2v) is 9.91. The normalized spacial score (nSPS) is 14.5. The van der Waals surface area contributed by atoms with Gasteiger partial charge in [-0.2, -0.15) is 22.0 Å². The van der Waals surface area contributed by atoms with Gasteiger partial charge in [-0.05, 0) is 41.3 Å². The Labute approximate surface area is 236 Å². The van der Waals surface area contributed by atoms with E-state index in [1.165, 1.54) is 50.3 Å². The standard InChI is InChI=1S/C26H26Cl2F5N3O4/c1-14(2)20(22(38)26(32,33)24(40)34-13-25(29,30)31)36-23(39)21(16-6-4-3-5-7-16)35-19(37)9-8-15-10-17(27)12-18(28)11-15/h3-12,14,20-22,38H,13H2,1-2H3,(H,34,40)(H,35,37)(H,36,39)/t20-,21-,22+/m0/s1. The molecule has 0 bridgehead atoms. The van der Waals surface area contributed by atoms with Crippen LogP contribution in [0, 0.1) is 5.92 Å².